The van der Waals surface area contributed by atoms with Crippen molar-refractivity contribution in [2.45, 2.75) is 19.8 Å². The number of rotatable bonds is 7. The van der Waals surface area contributed by atoms with Crippen LogP contribution in [-0.4, -0.2) is 56.3 Å². The van der Waals surface area contributed by atoms with Crippen LogP contribution in [0.5, 0.6) is 5.75 Å². The van der Waals surface area contributed by atoms with Crippen LogP contribution in [0.3, 0.4) is 0 Å². The van der Waals surface area contributed by atoms with Crippen molar-refractivity contribution in [2.75, 3.05) is 26.2 Å². The second-order valence-electron chi connectivity index (χ2n) is 10.4. The summed E-state index contributed by atoms with van der Waals surface area (Å²) in [6.07, 6.45) is 7.96. The van der Waals surface area contributed by atoms with Gasteiger partial charge >= 0.3 is 0 Å². The van der Waals surface area contributed by atoms with Gasteiger partial charge in [0.25, 0.3) is 0 Å². The summed E-state index contributed by atoms with van der Waals surface area (Å²) in [6.45, 7) is 5.97. The molecule has 1 fully saturated rings. The molecule has 7 nitrogen and oxygen atoms in total. The summed E-state index contributed by atoms with van der Waals surface area (Å²) < 4.78 is 19.6. The Morgan fingerprint density at radius 1 is 0.900 bits per heavy atom. The minimum atomic E-state index is -0.247. The number of aromatic amines is 2. The molecule has 6 aromatic rings. The van der Waals surface area contributed by atoms with Gasteiger partial charge in [0.2, 0.25) is 0 Å². The molecule has 0 atom stereocenters. The third-order valence-corrected chi connectivity index (χ3v) is 7.76. The smallest absolute Gasteiger partial charge is 0.181 e. The van der Waals surface area contributed by atoms with Gasteiger partial charge in [-0.1, -0.05) is 24.3 Å². The van der Waals surface area contributed by atoms with E-state index in [1.807, 2.05) is 30.6 Å². The van der Waals surface area contributed by atoms with Gasteiger partial charge in [-0.3, -0.25) is 15.0 Å². The average Bonchev–Trinajstić information content (AvgIpc) is 3.74. The van der Waals surface area contributed by atoms with E-state index < -0.39 is 0 Å². The maximum Gasteiger partial charge on any atom is 0.181 e. The van der Waals surface area contributed by atoms with Gasteiger partial charge in [0.05, 0.1) is 17.6 Å². The first-order chi connectivity index (χ1) is 19.6. The van der Waals surface area contributed by atoms with Gasteiger partial charge in [0.1, 0.15) is 18.2 Å². The topological polar surface area (TPSA) is 82.7 Å². The van der Waals surface area contributed by atoms with E-state index in [2.05, 4.69) is 61.2 Å². The molecule has 0 spiro atoms. The van der Waals surface area contributed by atoms with Crippen LogP contribution in [0, 0.1) is 12.7 Å². The van der Waals surface area contributed by atoms with Gasteiger partial charge in [0.15, 0.2) is 5.65 Å². The third-order valence-electron chi connectivity index (χ3n) is 7.76. The molecule has 0 saturated carbocycles. The Hall–Kier alpha value is -4.56. The fourth-order valence-electron chi connectivity index (χ4n) is 5.59. The lowest BCUT2D eigenvalue weighted by Crippen LogP contribution is -2.25. The number of fused-ring (bicyclic) bond motifs is 2. The van der Waals surface area contributed by atoms with E-state index in [0.717, 1.165) is 80.9 Å². The third kappa shape index (κ3) is 4.60. The quantitative estimate of drug-likeness (QED) is 0.237. The summed E-state index contributed by atoms with van der Waals surface area (Å²) in [6, 6.07) is 17.0. The zero-order valence-corrected chi connectivity index (χ0v) is 22.2. The second-order valence-corrected chi connectivity index (χ2v) is 10.4. The van der Waals surface area contributed by atoms with Gasteiger partial charge < -0.3 is 9.72 Å². The van der Waals surface area contributed by atoms with Crippen LogP contribution >= 0.6 is 0 Å². The van der Waals surface area contributed by atoms with E-state index in [0.29, 0.717) is 12.3 Å². The summed E-state index contributed by atoms with van der Waals surface area (Å²) in [5.41, 5.74) is 8.44. The van der Waals surface area contributed by atoms with Crippen molar-refractivity contribution in [3.63, 3.8) is 0 Å². The number of pyridine rings is 2. The maximum atomic E-state index is 13.6. The summed E-state index contributed by atoms with van der Waals surface area (Å²) >= 11 is 0. The molecule has 2 aromatic carbocycles. The number of likely N-dealkylation sites (tertiary alicyclic amines) is 1. The highest BCUT2D eigenvalue weighted by molar-refractivity contribution is 6.02. The van der Waals surface area contributed by atoms with Gasteiger partial charge in [0, 0.05) is 46.4 Å². The normalized spacial score (nSPS) is 13.9. The first-order valence-corrected chi connectivity index (χ1v) is 13.7. The van der Waals surface area contributed by atoms with Crippen molar-refractivity contribution < 1.29 is 9.13 Å². The molecule has 5 heterocycles. The summed E-state index contributed by atoms with van der Waals surface area (Å²) in [5.74, 6) is 0.507. The van der Waals surface area contributed by atoms with E-state index >= 15 is 0 Å². The molecule has 0 amide bonds. The molecule has 1 saturated heterocycles. The van der Waals surface area contributed by atoms with E-state index in [9.17, 15) is 4.39 Å². The van der Waals surface area contributed by atoms with E-state index in [4.69, 9.17) is 4.74 Å². The summed E-state index contributed by atoms with van der Waals surface area (Å²) in [5, 5.41) is 9.62. The highest BCUT2D eigenvalue weighted by Gasteiger charge is 2.16. The molecule has 0 aliphatic carbocycles. The van der Waals surface area contributed by atoms with Crippen LogP contribution in [0.1, 0.15) is 18.4 Å². The second kappa shape index (κ2) is 10.2. The van der Waals surface area contributed by atoms with Crippen LogP contribution in [0.15, 0.2) is 73.2 Å². The monoisotopic (exact) mass is 532 g/mol. The van der Waals surface area contributed by atoms with Gasteiger partial charge in [-0.15, -0.1) is 0 Å². The van der Waals surface area contributed by atoms with E-state index in [1.165, 1.54) is 25.0 Å². The number of ether oxygens (including phenoxy) is 1. The first kappa shape index (κ1) is 24.5. The van der Waals surface area contributed by atoms with Crippen molar-refractivity contribution >= 4 is 21.9 Å². The predicted molar refractivity (Wildman–Crippen MR) is 156 cm³/mol. The van der Waals surface area contributed by atoms with E-state index in [1.54, 1.807) is 6.20 Å². The lowest BCUT2D eigenvalue weighted by molar-refractivity contribution is 0.237. The molecule has 0 bridgehead atoms. The lowest BCUT2D eigenvalue weighted by Gasteiger charge is -2.15. The number of hydrogen-bond donors (Lipinski definition) is 2. The van der Waals surface area contributed by atoms with Gasteiger partial charge in [-0.05, 0) is 79.9 Å². The zero-order chi connectivity index (χ0) is 27.1. The number of hydrogen-bond acceptors (Lipinski definition) is 5. The Balaban J connectivity index is 1.22. The Labute approximate surface area is 231 Å². The molecule has 0 radical (unpaired) electrons. The highest BCUT2D eigenvalue weighted by atomic mass is 19.1. The van der Waals surface area contributed by atoms with Crippen LogP contribution in [0.4, 0.5) is 4.39 Å². The van der Waals surface area contributed by atoms with Crippen molar-refractivity contribution in [1.82, 2.24) is 30.0 Å². The number of nitrogens with zero attached hydrogens (tertiary/aromatic N) is 4. The molecular formula is C32H29FN6O. The molecule has 40 heavy (non-hydrogen) atoms. The summed E-state index contributed by atoms with van der Waals surface area (Å²) in [7, 11) is 0. The summed E-state index contributed by atoms with van der Waals surface area (Å²) in [4.78, 5) is 15.1. The van der Waals surface area contributed by atoms with Crippen molar-refractivity contribution in [1.29, 1.82) is 0 Å². The van der Waals surface area contributed by atoms with Crippen LogP contribution in [0.2, 0.25) is 0 Å². The van der Waals surface area contributed by atoms with E-state index in [-0.39, 0.29) is 5.82 Å². The number of nitrogens with one attached hydrogen (secondary N) is 2. The molecule has 200 valence electrons. The first-order valence-electron chi connectivity index (χ1n) is 13.7. The maximum absolute atomic E-state index is 13.6. The molecular weight excluding hydrogens is 503 g/mol. The van der Waals surface area contributed by atoms with Gasteiger partial charge in [-0.2, -0.15) is 5.10 Å². The average molecular weight is 533 g/mol. The molecule has 8 heteroatoms. The molecule has 7 rings (SSSR count). The number of aryl methyl sites for hydroxylation is 1. The molecule has 2 N–H and O–H groups in total. The predicted octanol–water partition coefficient (Wildman–Crippen LogP) is 6.76. The van der Waals surface area contributed by atoms with Gasteiger partial charge in [-0.25, -0.2) is 9.37 Å². The molecule has 4 aromatic heterocycles. The lowest BCUT2D eigenvalue weighted by atomic mass is 9.99. The highest BCUT2D eigenvalue weighted by Crippen LogP contribution is 2.36. The Kier molecular flexibility index (Phi) is 6.24. The number of aromatic nitrogens is 5. The minimum absolute atomic E-state index is 0.247. The molecule has 0 unspecified atom stereocenters. The van der Waals surface area contributed by atoms with Crippen molar-refractivity contribution in [3.8, 4) is 39.4 Å². The Morgan fingerprint density at radius 3 is 2.58 bits per heavy atom. The van der Waals surface area contributed by atoms with Crippen LogP contribution < -0.4 is 4.74 Å². The standard InChI is InChI=1S/C32H29FN6O/c1-20-4-9-26(21-5-7-24(33)8-6-21)27-16-29(36-30(20)27)31-28-15-23(18-35-32(28)38-37-31)22-14-25(19-34-17-22)40-13-12-39-10-2-3-11-39/h4-9,14-19,36H,2-3,10-13H2,1H3,(H,35,37,38). The SMILES string of the molecule is Cc1ccc(-c2ccc(F)cc2)c2cc(-c3[nH]nc4ncc(-c5cncc(OCCN6CCCC6)c5)cc34)[nH]c12. The van der Waals surface area contributed by atoms with Crippen molar-refractivity contribution in [2.24, 2.45) is 0 Å². The zero-order valence-electron chi connectivity index (χ0n) is 22.2. The number of halogens is 1. The van der Waals surface area contributed by atoms with Crippen LogP contribution in [-0.2, 0) is 0 Å². The minimum Gasteiger partial charge on any atom is -0.491 e. The fraction of sp³-hybridized carbons (Fsp3) is 0.219. The Morgan fingerprint density at radius 2 is 1.73 bits per heavy atom. The largest absolute Gasteiger partial charge is 0.491 e. The van der Waals surface area contributed by atoms with Crippen LogP contribution in [0.25, 0.3) is 55.6 Å². The number of benzene rings is 2. The number of H-pyrrole nitrogens is 2. The Bertz CT molecular complexity index is 1820. The molecule has 1 aliphatic rings. The van der Waals surface area contributed by atoms with Crippen molar-refractivity contribution in [3.05, 3.63) is 84.6 Å². The fourth-order valence-corrected chi connectivity index (χ4v) is 5.59. The molecule has 1 aliphatic heterocycles.